The number of benzene rings is 1. The van der Waals surface area contributed by atoms with Crippen LogP contribution in [0.5, 0.6) is 5.75 Å². The largest absolute Gasteiger partial charge is 0.496 e. The van der Waals surface area contributed by atoms with Crippen molar-refractivity contribution in [1.29, 1.82) is 0 Å². The van der Waals surface area contributed by atoms with E-state index in [-0.39, 0.29) is 5.78 Å². The number of rotatable bonds is 3. The molecule has 1 heterocycles. The lowest BCUT2D eigenvalue weighted by Gasteiger charge is -2.10. The molecule has 94 valence electrons. The van der Waals surface area contributed by atoms with E-state index in [1.54, 1.807) is 20.1 Å². The molecule has 0 aliphatic carbocycles. The van der Waals surface area contributed by atoms with Gasteiger partial charge in [0.05, 0.1) is 18.9 Å². The zero-order chi connectivity index (χ0) is 13.3. The average Bonchev–Trinajstić information content (AvgIpc) is 2.77. The maximum absolute atomic E-state index is 12.4. The van der Waals surface area contributed by atoms with Crippen molar-refractivity contribution in [3.8, 4) is 5.75 Å². The predicted molar refractivity (Wildman–Crippen MR) is 69.3 cm³/mol. The summed E-state index contributed by atoms with van der Waals surface area (Å²) in [6.07, 6.45) is 1.54. The van der Waals surface area contributed by atoms with Crippen LogP contribution in [-0.4, -0.2) is 12.9 Å². The molecule has 2 aromatic rings. The first-order chi connectivity index (χ1) is 8.54. The van der Waals surface area contributed by atoms with E-state index in [1.165, 1.54) is 6.26 Å². The van der Waals surface area contributed by atoms with Crippen LogP contribution in [0.2, 0.25) is 0 Å². The molecule has 0 atom stereocenters. The van der Waals surface area contributed by atoms with E-state index in [9.17, 15) is 4.79 Å². The summed E-state index contributed by atoms with van der Waals surface area (Å²) < 4.78 is 10.4. The highest BCUT2D eigenvalue weighted by molar-refractivity contribution is 6.10. The molecule has 3 nitrogen and oxygen atoms in total. The van der Waals surface area contributed by atoms with Crippen molar-refractivity contribution < 1.29 is 13.9 Å². The van der Waals surface area contributed by atoms with Crippen molar-refractivity contribution in [2.45, 2.75) is 20.8 Å². The van der Waals surface area contributed by atoms with E-state index < -0.39 is 0 Å². The molecule has 0 aliphatic heterocycles. The molecule has 0 N–H and O–H groups in total. The topological polar surface area (TPSA) is 39.4 Å². The van der Waals surface area contributed by atoms with Crippen molar-refractivity contribution >= 4 is 5.78 Å². The van der Waals surface area contributed by atoms with Crippen LogP contribution in [0, 0.1) is 20.8 Å². The van der Waals surface area contributed by atoms with Crippen LogP contribution in [0.4, 0.5) is 0 Å². The Morgan fingerprint density at radius 3 is 2.39 bits per heavy atom. The van der Waals surface area contributed by atoms with Crippen molar-refractivity contribution in [3.05, 3.63) is 52.5 Å². The van der Waals surface area contributed by atoms with E-state index in [2.05, 4.69) is 0 Å². The minimum Gasteiger partial charge on any atom is -0.496 e. The maximum atomic E-state index is 12.4. The molecule has 0 radical (unpaired) electrons. The Morgan fingerprint density at radius 1 is 1.11 bits per heavy atom. The van der Waals surface area contributed by atoms with Crippen molar-refractivity contribution in [2.75, 3.05) is 7.11 Å². The third-order valence-electron chi connectivity index (χ3n) is 3.09. The molecular formula is C15H16O3. The minimum absolute atomic E-state index is 0.00972. The Labute approximate surface area is 106 Å². The normalized spacial score (nSPS) is 10.4. The van der Waals surface area contributed by atoms with Crippen LogP contribution in [0.25, 0.3) is 0 Å². The van der Waals surface area contributed by atoms with Crippen LogP contribution >= 0.6 is 0 Å². The van der Waals surface area contributed by atoms with Gasteiger partial charge >= 0.3 is 0 Å². The van der Waals surface area contributed by atoms with Gasteiger partial charge in [0, 0.05) is 5.56 Å². The Bertz CT molecular complexity index is 594. The van der Waals surface area contributed by atoms with Gasteiger partial charge in [0.15, 0.2) is 5.78 Å². The van der Waals surface area contributed by atoms with Crippen molar-refractivity contribution in [2.24, 2.45) is 0 Å². The first-order valence-electron chi connectivity index (χ1n) is 5.78. The molecule has 1 aromatic carbocycles. The number of carbonyl (C=O) groups is 1. The number of aryl methyl sites for hydroxylation is 3. The Morgan fingerprint density at radius 2 is 1.83 bits per heavy atom. The summed E-state index contributed by atoms with van der Waals surface area (Å²) in [6, 6.07) is 5.46. The van der Waals surface area contributed by atoms with Gasteiger partial charge in [0.1, 0.15) is 11.5 Å². The van der Waals surface area contributed by atoms with E-state index in [4.69, 9.17) is 9.15 Å². The number of ether oxygens (including phenoxy) is 1. The van der Waals surface area contributed by atoms with Gasteiger partial charge in [-0.3, -0.25) is 4.79 Å². The smallest absolute Gasteiger partial charge is 0.196 e. The summed E-state index contributed by atoms with van der Waals surface area (Å²) in [5.74, 6) is 1.44. The third-order valence-corrected chi connectivity index (χ3v) is 3.09. The van der Waals surface area contributed by atoms with Crippen LogP contribution in [0.1, 0.15) is 32.8 Å². The summed E-state index contributed by atoms with van der Waals surface area (Å²) in [4.78, 5) is 12.4. The second kappa shape index (κ2) is 4.69. The molecule has 0 fully saturated rings. The second-order valence-corrected chi connectivity index (χ2v) is 4.36. The van der Waals surface area contributed by atoms with Crippen molar-refractivity contribution in [3.63, 3.8) is 0 Å². The van der Waals surface area contributed by atoms with Gasteiger partial charge in [-0.2, -0.15) is 0 Å². The summed E-state index contributed by atoms with van der Waals surface area (Å²) in [5, 5.41) is 0. The molecule has 0 saturated carbocycles. The van der Waals surface area contributed by atoms with Crippen molar-refractivity contribution in [1.82, 2.24) is 0 Å². The van der Waals surface area contributed by atoms with Gasteiger partial charge < -0.3 is 9.15 Å². The molecule has 0 spiro atoms. The van der Waals surface area contributed by atoms with Gasteiger partial charge in [0.2, 0.25) is 0 Å². The van der Waals surface area contributed by atoms with Crippen LogP contribution in [0.15, 0.2) is 28.9 Å². The number of furan rings is 1. The van der Waals surface area contributed by atoms with E-state index >= 15 is 0 Å². The number of hydrogen-bond acceptors (Lipinski definition) is 3. The zero-order valence-corrected chi connectivity index (χ0v) is 11.0. The molecule has 2 rings (SSSR count). The first-order valence-corrected chi connectivity index (χ1v) is 5.78. The van der Waals surface area contributed by atoms with Crippen LogP contribution < -0.4 is 4.74 Å². The third kappa shape index (κ3) is 2.04. The fourth-order valence-electron chi connectivity index (χ4n) is 2.02. The highest BCUT2D eigenvalue weighted by atomic mass is 16.5. The van der Waals surface area contributed by atoms with Gasteiger partial charge in [0.25, 0.3) is 0 Å². The average molecular weight is 244 g/mol. The molecule has 0 aliphatic rings. The molecule has 0 amide bonds. The summed E-state index contributed by atoms with van der Waals surface area (Å²) in [5.41, 5.74) is 3.16. The Kier molecular flexibility index (Phi) is 3.24. The van der Waals surface area contributed by atoms with E-state index in [1.807, 2.05) is 26.0 Å². The predicted octanol–water partition coefficient (Wildman–Crippen LogP) is 3.44. The van der Waals surface area contributed by atoms with Gasteiger partial charge in [-0.1, -0.05) is 0 Å². The molecule has 0 saturated heterocycles. The lowest BCUT2D eigenvalue weighted by atomic mass is 9.97. The number of ketones is 1. The SMILES string of the molecule is COc1cc(C)c(C(=O)c2ccoc2C)cc1C. The summed E-state index contributed by atoms with van der Waals surface area (Å²) in [7, 11) is 1.63. The van der Waals surface area contributed by atoms with E-state index in [0.717, 1.165) is 16.9 Å². The minimum atomic E-state index is -0.00972. The zero-order valence-electron chi connectivity index (χ0n) is 11.0. The Hall–Kier alpha value is -2.03. The molecule has 1 aromatic heterocycles. The van der Waals surface area contributed by atoms with Crippen LogP contribution in [-0.2, 0) is 0 Å². The van der Waals surface area contributed by atoms with Gasteiger partial charge in [-0.15, -0.1) is 0 Å². The quantitative estimate of drug-likeness (QED) is 0.776. The second-order valence-electron chi connectivity index (χ2n) is 4.36. The highest BCUT2D eigenvalue weighted by Gasteiger charge is 2.17. The van der Waals surface area contributed by atoms with Gasteiger partial charge in [-0.05, 0) is 50.1 Å². The summed E-state index contributed by atoms with van der Waals surface area (Å²) in [6.45, 7) is 5.63. The first kappa shape index (κ1) is 12.4. The monoisotopic (exact) mass is 244 g/mol. The van der Waals surface area contributed by atoms with E-state index in [0.29, 0.717) is 16.9 Å². The number of carbonyl (C=O) groups excluding carboxylic acids is 1. The maximum Gasteiger partial charge on any atom is 0.196 e. The fraction of sp³-hybridized carbons (Fsp3) is 0.267. The van der Waals surface area contributed by atoms with Crippen LogP contribution in [0.3, 0.4) is 0 Å². The standard InChI is InChI=1S/C15H16O3/c1-9-8-14(17-4)10(2)7-13(9)15(16)12-5-6-18-11(12)3/h5-8H,1-4H3. The summed E-state index contributed by atoms with van der Waals surface area (Å²) >= 11 is 0. The lowest BCUT2D eigenvalue weighted by Crippen LogP contribution is -2.05. The molecule has 18 heavy (non-hydrogen) atoms. The number of methoxy groups -OCH3 is 1. The van der Waals surface area contributed by atoms with Gasteiger partial charge in [-0.25, -0.2) is 0 Å². The molecular weight excluding hydrogens is 228 g/mol. The molecule has 0 bridgehead atoms. The number of hydrogen-bond donors (Lipinski definition) is 0. The molecule has 0 unspecified atom stereocenters. The highest BCUT2D eigenvalue weighted by Crippen LogP contribution is 2.25. The molecule has 3 heteroatoms. The fourth-order valence-corrected chi connectivity index (χ4v) is 2.02. The Balaban J connectivity index is 2.49. The lowest BCUT2D eigenvalue weighted by molar-refractivity contribution is 0.103.